The van der Waals surface area contributed by atoms with E-state index in [4.69, 9.17) is 0 Å². The van der Waals surface area contributed by atoms with Gasteiger partial charge in [0, 0.05) is 3.57 Å². The van der Waals surface area contributed by atoms with Gasteiger partial charge in [-0.1, -0.05) is 31.2 Å². The lowest BCUT2D eigenvalue weighted by Crippen LogP contribution is -2.22. The smallest absolute Gasteiger partial charge is 0.306 e. The molecule has 0 radical (unpaired) electrons. The summed E-state index contributed by atoms with van der Waals surface area (Å²) in [5.74, 6) is 0. The van der Waals surface area contributed by atoms with Gasteiger partial charge in [-0.15, -0.1) is 0 Å². The minimum Gasteiger partial charge on any atom is -0.306 e. The zero-order chi connectivity index (χ0) is 14.8. The lowest BCUT2D eigenvalue weighted by Gasteiger charge is -2.20. The van der Waals surface area contributed by atoms with Crippen LogP contribution < -0.4 is 11.0 Å². The minimum absolute atomic E-state index is 0.117. The minimum atomic E-state index is -0.170. The van der Waals surface area contributed by atoms with Crippen molar-refractivity contribution in [3.8, 4) is 0 Å². The molecule has 0 amide bonds. The molecule has 3 N–H and O–H groups in total. The van der Waals surface area contributed by atoms with E-state index in [9.17, 15) is 4.79 Å². The lowest BCUT2D eigenvalue weighted by atomic mass is 9.98. The second-order valence-electron chi connectivity index (χ2n) is 4.90. The molecule has 3 rings (SSSR count). The standard InChI is InChI=1S/C16H16IN3O/c1-2-18-15(11-5-3-4-6-12(11)17)10-7-8-13-14(9-10)20-16(21)19-13/h3-9,15,18H,2H2,1H3,(H2,19,20,21). The topological polar surface area (TPSA) is 60.7 Å². The molecule has 3 aromatic rings. The highest BCUT2D eigenvalue weighted by Gasteiger charge is 2.16. The first-order valence-corrected chi connectivity index (χ1v) is 7.96. The quantitative estimate of drug-likeness (QED) is 0.597. The second-order valence-corrected chi connectivity index (χ2v) is 6.06. The summed E-state index contributed by atoms with van der Waals surface area (Å²) in [6.07, 6.45) is 0. The number of rotatable bonds is 4. The summed E-state index contributed by atoms with van der Waals surface area (Å²) in [6, 6.07) is 14.5. The Morgan fingerprint density at radius 3 is 2.67 bits per heavy atom. The molecular formula is C16H16IN3O. The van der Waals surface area contributed by atoms with Crippen LogP contribution in [-0.4, -0.2) is 16.5 Å². The SMILES string of the molecule is CCNC(c1ccc2[nH]c(=O)[nH]c2c1)c1ccccc1I. The number of nitrogens with one attached hydrogen (secondary N) is 3. The van der Waals surface area contributed by atoms with Gasteiger partial charge < -0.3 is 15.3 Å². The van der Waals surface area contributed by atoms with Crippen molar-refractivity contribution < 1.29 is 0 Å². The summed E-state index contributed by atoms with van der Waals surface area (Å²) >= 11 is 2.36. The summed E-state index contributed by atoms with van der Waals surface area (Å²) in [4.78, 5) is 17.0. The molecule has 4 nitrogen and oxygen atoms in total. The molecule has 1 atom stereocenters. The Labute approximate surface area is 136 Å². The summed E-state index contributed by atoms with van der Waals surface area (Å²) in [5, 5.41) is 3.52. The summed E-state index contributed by atoms with van der Waals surface area (Å²) in [6.45, 7) is 2.97. The average Bonchev–Trinajstić information content (AvgIpc) is 2.85. The molecule has 0 spiro atoms. The number of aromatic nitrogens is 2. The number of H-pyrrole nitrogens is 2. The molecule has 1 unspecified atom stereocenters. The number of hydrogen-bond acceptors (Lipinski definition) is 2. The van der Waals surface area contributed by atoms with Crippen molar-refractivity contribution in [3.05, 3.63) is 67.6 Å². The van der Waals surface area contributed by atoms with Gasteiger partial charge in [-0.3, -0.25) is 0 Å². The van der Waals surface area contributed by atoms with Gasteiger partial charge in [0.2, 0.25) is 0 Å². The van der Waals surface area contributed by atoms with E-state index in [0.29, 0.717) is 0 Å². The van der Waals surface area contributed by atoms with Crippen molar-refractivity contribution >= 4 is 33.6 Å². The predicted molar refractivity (Wildman–Crippen MR) is 93.6 cm³/mol. The van der Waals surface area contributed by atoms with E-state index in [1.165, 1.54) is 9.13 Å². The molecule has 0 aliphatic carbocycles. The van der Waals surface area contributed by atoms with Crippen LogP contribution in [0.25, 0.3) is 11.0 Å². The van der Waals surface area contributed by atoms with E-state index in [-0.39, 0.29) is 11.7 Å². The summed E-state index contributed by atoms with van der Waals surface area (Å²) < 4.78 is 1.23. The van der Waals surface area contributed by atoms with E-state index in [2.05, 4.69) is 69.1 Å². The maximum atomic E-state index is 11.4. The molecule has 0 fully saturated rings. The first-order chi connectivity index (χ1) is 10.2. The highest BCUT2D eigenvalue weighted by molar-refractivity contribution is 14.1. The maximum absolute atomic E-state index is 11.4. The fourth-order valence-electron chi connectivity index (χ4n) is 2.55. The largest absolute Gasteiger partial charge is 0.323 e. The van der Waals surface area contributed by atoms with Crippen molar-refractivity contribution in [1.29, 1.82) is 0 Å². The highest BCUT2D eigenvalue weighted by atomic mass is 127. The van der Waals surface area contributed by atoms with E-state index >= 15 is 0 Å². The lowest BCUT2D eigenvalue weighted by molar-refractivity contribution is 0.629. The Balaban J connectivity index is 2.10. The van der Waals surface area contributed by atoms with Crippen LogP contribution in [0.5, 0.6) is 0 Å². The van der Waals surface area contributed by atoms with E-state index < -0.39 is 0 Å². The highest BCUT2D eigenvalue weighted by Crippen LogP contribution is 2.27. The number of benzene rings is 2. The first-order valence-electron chi connectivity index (χ1n) is 6.89. The number of imidazole rings is 1. The van der Waals surface area contributed by atoms with Crippen LogP contribution in [0.2, 0.25) is 0 Å². The van der Waals surface area contributed by atoms with Gasteiger partial charge in [0.05, 0.1) is 17.1 Å². The number of hydrogen-bond donors (Lipinski definition) is 3. The zero-order valence-corrected chi connectivity index (χ0v) is 13.8. The Morgan fingerprint density at radius 2 is 1.90 bits per heavy atom. The molecule has 1 heterocycles. The van der Waals surface area contributed by atoms with Crippen molar-refractivity contribution in [2.45, 2.75) is 13.0 Å². The summed E-state index contributed by atoms with van der Waals surface area (Å²) in [5.41, 5.74) is 3.89. The van der Waals surface area contributed by atoms with Gasteiger partial charge in [-0.2, -0.15) is 0 Å². The third-order valence-corrected chi connectivity index (χ3v) is 4.48. The van der Waals surface area contributed by atoms with Gasteiger partial charge in [-0.05, 0) is 58.5 Å². The van der Waals surface area contributed by atoms with E-state index in [0.717, 1.165) is 23.1 Å². The van der Waals surface area contributed by atoms with Gasteiger partial charge in [-0.25, -0.2) is 4.79 Å². The van der Waals surface area contributed by atoms with E-state index in [1.54, 1.807) is 0 Å². The first kappa shape index (κ1) is 14.3. The molecule has 0 aliphatic heterocycles. The fourth-order valence-corrected chi connectivity index (χ4v) is 3.25. The second kappa shape index (κ2) is 6.03. The zero-order valence-electron chi connectivity index (χ0n) is 11.6. The van der Waals surface area contributed by atoms with Crippen molar-refractivity contribution in [1.82, 2.24) is 15.3 Å². The van der Waals surface area contributed by atoms with Crippen LogP contribution in [0, 0.1) is 3.57 Å². The van der Waals surface area contributed by atoms with Crippen LogP contribution >= 0.6 is 22.6 Å². The Hall–Kier alpha value is -1.60. The Bertz CT molecular complexity index is 822. The third kappa shape index (κ3) is 2.89. The van der Waals surface area contributed by atoms with Gasteiger partial charge in [0.15, 0.2) is 0 Å². The monoisotopic (exact) mass is 393 g/mol. The summed E-state index contributed by atoms with van der Waals surface area (Å²) in [7, 11) is 0. The van der Waals surface area contributed by atoms with Crippen molar-refractivity contribution in [2.24, 2.45) is 0 Å². The third-order valence-electron chi connectivity index (χ3n) is 3.50. The molecule has 0 saturated carbocycles. The van der Waals surface area contributed by atoms with Crippen LogP contribution in [0.3, 0.4) is 0 Å². The number of aromatic amines is 2. The van der Waals surface area contributed by atoms with Crippen molar-refractivity contribution in [3.63, 3.8) is 0 Å². The molecule has 5 heteroatoms. The maximum Gasteiger partial charge on any atom is 0.323 e. The van der Waals surface area contributed by atoms with Crippen molar-refractivity contribution in [2.75, 3.05) is 6.54 Å². The molecule has 108 valence electrons. The molecule has 0 saturated heterocycles. The van der Waals surface area contributed by atoms with Crippen LogP contribution in [-0.2, 0) is 0 Å². The molecular weight excluding hydrogens is 377 g/mol. The Kier molecular flexibility index (Phi) is 4.12. The average molecular weight is 393 g/mol. The van der Waals surface area contributed by atoms with Crippen LogP contribution in [0.4, 0.5) is 0 Å². The molecule has 21 heavy (non-hydrogen) atoms. The normalized spacial score (nSPS) is 12.7. The van der Waals surface area contributed by atoms with Crippen LogP contribution in [0.1, 0.15) is 24.1 Å². The Morgan fingerprint density at radius 1 is 1.14 bits per heavy atom. The van der Waals surface area contributed by atoms with Gasteiger partial charge in [0.1, 0.15) is 0 Å². The number of halogens is 1. The molecule has 2 aromatic carbocycles. The molecule has 1 aromatic heterocycles. The van der Waals surface area contributed by atoms with Crippen LogP contribution in [0.15, 0.2) is 47.3 Å². The fraction of sp³-hybridized carbons (Fsp3) is 0.188. The van der Waals surface area contributed by atoms with Gasteiger partial charge >= 0.3 is 5.69 Å². The molecule has 0 aliphatic rings. The van der Waals surface area contributed by atoms with Gasteiger partial charge in [0.25, 0.3) is 0 Å². The predicted octanol–water partition coefficient (Wildman–Crippen LogP) is 3.16. The number of fused-ring (bicyclic) bond motifs is 1. The van der Waals surface area contributed by atoms with E-state index in [1.807, 2.05) is 18.2 Å². The molecule has 0 bridgehead atoms.